The molecule has 27 heavy (non-hydrogen) atoms. The second-order valence-electron chi connectivity index (χ2n) is 6.88. The van der Waals surface area contributed by atoms with Crippen LogP contribution in [-0.2, 0) is 6.42 Å². The Morgan fingerprint density at radius 1 is 0.778 bits per heavy atom. The number of benzene rings is 3. The first-order chi connectivity index (χ1) is 13.3. The van der Waals surface area contributed by atoms with E-state index < -0.39 is 0 Å². The molecule has 0 saturated heterocycles. The fourth-order valence-electron chi connectivity index (χ4n) is 4.14. The van der Waals surface area contributed by atoms with Gasteiger partial charge >= 0.3 is 0 Å². The Balaban J connectivity index is 1.93. The summed E-state index contributed by atoms with van der Waals surface area (Å²) in [5, 5.41) is 1.83. The first-order valence-corrected chi connectivity index (χ1v) is 9.08. The monoisotopic (exact) mass is 350 g/mol. The number of methoxy groups -OCH3 is 1. The predicted molar refractivity (Wildman–Crippen MR) is 110 cm³/mol. The molecule has 0 N–H and O–H groups in total. The molecule has 0 radical (unpaired) electrons. The maximum Gasteiger partial charge on any atom is 0.187 e. The van der Waals surface area contributed by atoms with Crippen molar-refractivity contribution in [3.8, 4) is 28.0 Å². The second-order valence-corrected chi connectivity index (χ2v) is 6.88. The summed E-state index contributed by atoms with van der Waals surface area (Å²) in [4.78, 5) is 13.0. The van der Waals surface area contributed by atoms with Crippen molar-refractivity contribution in [3.63, 3.8) is 0 Å². The smallest absolute Gasteiger partial charge is 0.187 e. The highest BCUT2D eigenvalue weighted by atomic mass is 16.5. The van der Waals surface area contributed by atoms with E-state index >= 15 is 0 Å². The minimum Gasteiger partial charge on any atom is -0.497 e. The average molecular weight is 350 g/mol. The van der Waals surface area contributed by atoms with E-state index in [1.54, 1.807) is 13.2 Å². The molecule has 0 heterocycles. The Kier molecular flexibility index (Phi) is 3.58. The largest absolute Gasteiger partial charge is 0.497 e. The molecule has 0 bridgehead atoms. The van der Waals surface area contributed by atoms with Gasteiger partial charge < -0.3 is 4.74 Å². The van der Waals surface area contributed by atoms with Gasteiger partial charge in [-0.3, -0.25) is 4.79 Å². The molecule has 4 aromatic carbocycles. The Morgan fingerprint density at radius 2 is 1.48 bits per heavy atom. The van der Waals surface area contributed by atoms with Gasteiger partial charge in [0.05, 0.1) is 7.11 Å². The number of hydrogen-bond donors (Lipinski definition) is 0. The quantitative estimate of drug-likeness (QED) is 0.423. The van der Waals surface area contributed by atoms with Crippen LogP contribution in [0.3, 0.4) is 0 Å². The summed E-state index contributed by atoms with van der Waals surface area (Å²) < 4.78 is 5.30. The number of rotatable bonds is 2. The molecule has 0 amide bonds. The predicted octanol–water partition coefficient (Wildman–Crippen LogP) is 5.45. The van der Waals surface area contributed by atoms with Crippen LogP contribution in [-0.4, -0.2) is 7.11 Å². The third-order valence-electron chi connectivity index (χ3n) is 5.42. The molecule has 2 nitrogen and oxygen atoms in total. The van der Waals surface area contributed by atoms with Crippen molar-refractivity contribution in [1.82, 2.24) is 0 Å². The summed E-state index contributed by atoms with van der Waals surface area (Å²) >= 11 is 0. The molecule has 0 saturated carbocycles. The summed E-state index contributed by atoms with van der Waals surface area (Å²) in [7, 11) is 1.66. The topological polar surface area (TPSA) is 26.3 Å². The first kappa shape index (κ1) is 15.8. The van der Waals surface area contributed by atoms with Gasteiger partial charge in [0.25, 0.3) is 0 Å². The maximum atomic E-state index is 13.0. The van der Waals surface area contributed by atoms with Crippen LogP contribution in [0.4, 0.5) is 0 Å². The molecule has 2 heteroatoms. The van der Waals surface area contributed by atoms with E-state index in [0.717, 1.165) is 34.1 Å². The van der Waals surface area contributed by atoms with Crippen molar-refractivity contribution in [2.75, 3.05) is 7.11 Å². The second kappa shape index (κ2) is 6.10. The molecule has 1 aliphatic carbocycles. The highest BCUT2D eigenvalue weighted by Crippen LogP contribution is 2.44. The van der Waals surface area contributed by atoms with Crippen molar-refractivity contribution < 1.29 is 4.74 Å². The lowest BCUT2D eigenvalue weighted by Gasteiger charge is -2.08. The lowest BCUT2D eigenvalue weighted by molar-refractivity contribution is 0.415. The van der Waals surface area contributed by atoms with Gasteiger partial charge in [0.1, 0.15) is 5.75 Å². The van der Waals surface area contributed by atoms with E-state index in [-0.39, 0.29) is 5.43 Å². The zero-order chi connectivity index (χ0) is 18.4. The van der Waals surface area contributed by atoms with E-state index in [0.29, 0.717) is 0 Å². The van der Waals surface area contributed by atoms with Crippen LogP contribution in [0.2, 0.25) is 0 Å². The lowest BCUT2D eigenvalue weighted by Crippen LogP contribution is -1.96. The van der Waals surface area contributed by atoms with Crippen molar-refractivity contribution >= 4 is 10.8 Å². The van der Waals surface area contributed by atoms with Crippen LogP contribution in [0.5, 0.6) is 5.75 Å². The molecule has 0 atom stereocenters. The third kappa shape index (κ3) is 2.45. The maximum absolute atomic E-state index is 13.0. The van der Waals surface area contributed by atoms with Gasteiger partial charge in [-0.15, -0.1) is 0 Å². The van der Waals surface area contributed by atoms with E-state index in [4.69, 9.17) is 4.74 Å². The molecule has 0 fully saturated rings. The third-order valence-corrected chi connectivity index (χ3v) is 5.42. The highest BCUT2D eigenvalue weighted by molar-refractivity contribution is 5.99. The molecule has 4 aromatic rings. The van der Waals surface area contributed by atoms with Crippen LogP contribution in [0.1, 0.15) is 11.1 Å². The summed E-state index contributed by atoms with van der Waals surface area (Å²) in [6.07, 6.45) is 0.850. The molecule has 130 valence electrons. The van der Waals surface area contributed by atoms with Crippen LogP contribution in [0.25, 0.3) is 33.0 Å². The molecular formula is C25H18O2. The Morgan fingerprint density at radius 3 is 2.26 bits per heavy atom. The fraction of sp³-hybridized carbons (Fsp3) is 0.0800. The normalized spacial score (nSPS) is 11.9. The molecule has 0 spiro atoms. The van der Waals surface area contributed by atoms with Crippen LogP contribution in [0, 0.1) is 0 Å². The van der Waals surface area contributed by atoms with E-state index in [9.17, 15) is 4.79 Å². The Hall–Kier alpha value is -3.39. The standard InChI is InChI=1S/C25H18O2/c1-27-18-12-10-16(11-13-18)22-15-24(26)21-9-5-4-8-20(21)23-14-17-6-2-3-7-19(17)25(22)23/h2-13,15H,14H2,1H3. The van der Waals surface area contributed by atoms with Gasteiger partial charge in [-0.1, -0.05) is 60.7 Å². The van der Waals surface area contributed by atoms with E-state index in [1.165, 1.54) is 22.3 Å². The summed E-state index contributed by atoms with van der Waals surface area (Å²) in [5.41, 5.74) is 7.02. The zero-order valence-electron chi connectivity index (χ0n) is 15.0. The first-order valence-electron chi connectivity index (χ1n) is 9.08. The van der Waals surface area contributed by atoms with Gasteiger partial charge in [0.2, 0.25) is 0 Å². The van der Waals surface area contributed by atoms with Crippen molar-refractivity contribution in [1.29, 1.82) is 0 Å². The number of ether oxygens (including phenoxy) is 1. The molecule has 0 aromatic heterocycles. The molecular weight excluding hydrogens is 332 g/mol. The van der Waals surface area contributed by atoms with Crippen LogP contribution < -0.4 is 10.2 Å². The number of hydrogen-bond acceptors (Lipinski definition) is 2. The fourth-order valence-corrected chi connectivity index (χ4v) is 4.14. The SMILES string of the molecule is COc1ccc(-c2cc(=O)c3ccccc3c3c2-c2ccccc2C3)cc1. The molecule has 0 aliphatic heterocycles. The average Bonchev–Trinajstić information content (AvgIpc) is 3.06. The minimum absolute atomic E-state index is 0.0586. The highest BCUT2D eigenvalue weighted by Gasteiger charge is 2.24. The minimum atomic E-state index is 0.0586. The Bertz CT molecular complexity index is 1240. The molecule has 0 unspecified atom stereocenters. The summed E-state index contributed by atoms with van der Waals surface area (Å²) in [6, 6.07) is 26.2. The number of fused-ring (bicyclic) bond motifs is 5. The van der Waals surface area contributed by atoms with E-state index in [2.05, 4.69) is 30.3 Å². The van der Waals surface area contributed by atoms with Crippen LogP contribution in [0.15, 0.2) is 83.7 Å². The van der Waals surface area contributed by atoms with E-state index in [1.807, 2.05) is 42.5 Å². The van der Waals surface area contributed by atoms with Crippen molar-refractivity contribution in [2.24, 2.45) is 0 Å². The van der Waals surface area contributed by atoms with Crippen molar-refractivity contribution in [3.05, 3.63) is 100 Å². The Labute approximate surface area is 157 Å². The summed E-state index contributed by atoms with van der Waals surface area (Å²) in [5.74, 6) is 0.809. The molecule has 5 rings (SSSR count). The van der Waals surface area contributed by atoms with Gasteiger partial charge in [-0.2, -0.15) is 0 Å². The summed E-state index contributed by atoms with van der Waals surface area (Å²) in [6.45, 7) is 0. The van der Waals surface area contributed by atoms with Gasteiger partial charge in [-0.25, -0.2) is 0 Å². The van der Waals surface area contributed by atoms with Crippen LogP contribution >= 0.6 is 0 Å². The van der Waals surface area contributed by atoms with Gasteiger partial charge in [0.15, 0.2) is 5.43 Å². The lowest BCUT2D eigenvalue weighted by atomic mass is 9.96. The van der Waals surface area contributed by atoms with Gasteiger partial charge in [0, 0.05) is 5.39 Å². The molecule has 1 aliphatic rings. The zero-order valence-corrected chi connectivity index (χ0v) is 15.0. The van der Waals surface area contributed by atoms with Gasteiger partial charge in [-0.05, 0) is 63.4 Å². The van der Waals surface area contributed by atoms with Crippen molar-refractivity contribution in [2.45, 2.75) is 6.42 Å².